The highest BCUT2D eigenvalue weighted by molar-refractivity contribution is 9.09. The van der Waals surface area contributed by atoms with Gasteiger partial charge in [-0.1, -0.05) is 43.6 Å². The zero-order valence-electron chi connectivity index (χ0n) is 12.7. The summed E-state index contributed by atoms with van der Waals surface area (Å²) in [6, 6.07) is 2.13. The number of fused-ring (bicyclic) bond motifs is 1. The van der Waals surface area contributed by atoms with Gasteiger partial charge in [-0.15, -0.1) is 0 Å². The fourth-order valence-corrected chi connectivity index (χ4v) is 2.21. The van der Waals surface area contributed by atoms with Crippen LogP contribution in [0.4, 0.5) is 5.82 Å². The first-order chi connectivity index (χ1) is 9.41. The molecule has 0 aliphatic carbocycles. The number of anilines is 1. The van der Waals surface area contributed by atoms with Crippen LogP contribution in [-0.2, 0) is 5.41 Å². The smallest absolute Gasteiger partial charge is 0.152 e. The summed E-state index contributed by atoms with van der Waals surface area (Å²) in [4.78, 5) is 5.00. The third-order valence-corrected chi connectivity index (χ3v) is 4.46. The standard InChI is InChI=1S/C15H23BrN4/c1-5-11(16)6-7-17-14-12-10-13(15(2,3)4)19-20(12)9-8-18-14/h8-11H,5-7H2,1-4H3,(H,17,18). The van der Waals surface area contributed by atoms with Crippen LogP contribution < -0.4 is 5.32 Å². The van der Waals surface area contributed by atoms with Gasteiger partial charge >= 0.3 is 0 Å². The van der Waals surface area contributed by atoms with Crippen molar-refractivity contribution in [3.05, 3.63) is 24.2 Å². The molecule has 1 atom stereocenters. The quantitative estimate of drug-likeness (QED) is 0.837. The Morgan fingerprint density at radius 3 is 2.80 bits per heavy atom. The van der Waals surface area contributed by atoms with Gasteiger partial charge in [0.15, 0.2) is 5.82 Å². The van der Waals surface area contributed by atoms with E-state index in [9.17, 15) is 0 Å². The topological polar surface area (TPSA) is 42.2 Å². The van der Waals surface area contributed by atoms with Gasteiger partial charge in [-0.25, -0.2) is 9.50 Å². The largest absolute Gasteiger partial charge is 0.368 e. The monoisotopic (exact) mass is 338 g/mol. The maximum atomic E-state index is 4.63. The first-order valence-electron chi connectivity index (χ1n) is 7.14. The molecule has 0 radical (unpaired) electrons. The highest BCUT2D eigenvalue weighted by Crippen LogP contribution is 2.24. The molecule has 4 nitrogen and oxygen atoms in total. The summed E-state index contributed by atoms with van der Waals surface area (Å²) in [6.45, 7) is 9.61. The van der Waals surface area contributed by atoms with Gasteiger partial charge in [0, 0.05) is 29.2 Å². The van der Waals surface area contributed by atoms with Crippen molar-refractivity contribution in [1.29, 1.82) is 0 Å². The third kappa shape index (κ3) is 3.51. The highest BCUT2D eigenvalue weighted by atomic mass is 79.9. The Kier molecular flexibility index (Phi) is 4.68. The third-order valence-electron chi connectivity index (χ3n) is 3.35. The second kappa shape index (κ2) is 6.12. The van der Waals surface area contributed by atoms with Crippen LogP contribution in [0, 0.1) is 0 Å². The average molecular weight is 339 g/mol. The van der Waals surface area contributed by atoms with Gasteiger partial charge < -0.3 is 5.32 Å². The first kappa shape index (κ1) is 15.3. The van der Waals surface area contributed by atoms with Crippen molar-refractivity contribution in [2.45, 2.75) is 50.8 Å². The number of nitrogens with one attached hydrogen (secondary N) is 1. The van der Waals surface area contributed by atoms with Crippen LogP contribution in [0.15, 0.2) is 18.5 Å². The van der Waals surface area contributed by atoms with Crippen LogP contribution in [0.2, 0.25) is 0 Å². The molecule has 0 amide bonds. The van der Waals surface area contributed by atoms with E-state index in [0.717, 1.165) is 36.4 Å². The van der Waals surface area contributed by atoms with Gasteiger partial charge in [0.2, 0.25) is 0 Å². The Balaban J connectivity index is 2.19. The van der Waals surface area contributed by atoms with Crippen molar-refractivity contribution in [2.24, 2.45) is 0 Å². The van der Waals surface area contributed by atoms with Crippen molar-refractivity contribution in [1.82, 2.24) is 14.6 Å². The minimum Gasteiger partial charge on any atom is -0.368 e. The van der Waals surface area contributed by atoms with E-state index in [1.807, 2.05) is 10.7 Å². The Morgan fingerprint density at radius 2 is 2.15 bits per heavy atom. The molecule has 0 fully saturated rings. The molecule has 0 spiro atoms. The Morgan fingerprint density at radius 1 is 1.40 bits per heavy atom. The predicted molar refractivity (Wildman–Crippen MR) is 87.8 cm³/mol. The normalized spacial score (nSPS) is 13.7. The lowest BCUT2D eigenvalue weighted by Gasteiger charge is -2.13. The van der Waals surface area contributed by atoms with Crippen molar-refractivity contribution >= 4 is 27.3 Å². The van der Waals surface area contributed by atoms with Crippen molar-refractivity contribution in [2.75, 3.05) is 11.9 Å². The number of rotatable bonds is 5. The zero-order chi connectivity index (χ0) is 14.8. The minimum atomic E-state index is 0.0481. The molecular formula is C15H23BrN4. The second-order valence-corrected chi connectivity index (χ2v) is 7.40. The SMILES string of the molecule is CCC(Br)CCNc1nccn2nc(C(C)(C)C)cc12. The van der Waals surface area contributed by atoms with Crippen LogP contribution in [0.3, 0.4) is 0 Å². The number of aromatic nitrogens is 3. The van der Waals surface area contributed by atoms with E-state index in [0.29, 0.717) is 4.83 Å². The maximum absolute atomic E-state index is 4.63. The van der Waals surface area contributed by atoms with Crippen LogP contribution in [0.1, 0.15) is 46.2 Å². The molecule has 110 valence electrons. The zero-order valence-corrected chi connectivity index (χ0v) is 14.2. The molecule has 2 rings (SSSR count). The summed E-state index contributed by atoms with van der Waals surface area (Å²) in [7, 11) is 0. The number of hydrogen-bond donors (Lipinski definition) is 1. The van der Waals surface area contributed by atoms with Gasteiger partial charge in [-0.05, 0) is 18.9 Å². The lowest BCUT2D eigenvalue weighted by Crippen LogP contribution is -2.11. The van der Waals surface area contributed by atoms with Crippen LogP contribution in [-0.4, -0.2) is 26.0 Å². The molecule has 5 heteroatoms. The first-order valence-corrected chi connectivity index (χ1v) is 8.06. The summed E-state index contributed by atoms with van der Waals surface area (Å²) in [5, 5.41) is 8.05. The molecule has 0 aromatic carbocycles. The number of hydrogen-bond acceptors (Lipinski definition) is 3. The molecule has 2 heterocycles. The number of halogens is 1. The van der Waals surface area contributed by atoms with Crippen LogP contribution in [0.5, 0.6) is 0 Å². The van der Waals surface area contributed by atoms with E-state index in [-0.39, 0.29) is 5.41 Å². The van der Waals surface area contributed by atoms with Crippen molar-refractivity contribution in [3.63, 3.8) is 0 Å². The van der Waals surface area contributed by atoms with Gasteiger partial charge in [-0.2, -0.15) is 5.10 Å². The number of nitrogens with zero attached hydrogens (tertiary/aromatic N) is 3. The van der Waals surface area contributed by atoms with E-state index in [2.05, 4.69) is 65.1 Å². The molecule has 0 saturated heterocycles. The Labute approximate surface area is 129 Å². The van der Waals surface area contributed by atoms with Crippen molar-refractivity contribution in [3.8, 4) is 0 Å². The van der Waals surface area contributed by atoms with E-state index in [1.54, 1.807) is 6.20 Å². The lowest BCUT2D eigenvalue weighted by atomic mass is 9.92. The lowest BCUT2D eigenvalue weighted by molar-refractivity contribution is 0.562. The van der Waals surface area contributed by atoms with Gasteiger partial charge in [0.05, 0.1) is 5.69 Å². The van der Waals surface area contributed by atoms with E-state index in [4.69, 9.17) is 0 Å². The maximum Gasteiger partial charge on any atom is 0.152 e. The molecule has 0 aliphatic heterocycles. The molecule has 0 saturated carbocycles. The second-order valence-electron chi connectivity index (χ2n) is 6.11. The van der Waals surface area contributed by atoms with E-state index in [1.165, 1.54) is 0 Å². The molecule has 1 N–H and O–H groups in total. The summed E-state index contributed by atoms with van der Waals surface area (Å²) in [5.74, 6) is 0.909. The summed E-state index contributed by atoms with van der Waals surface area (Å²) < 4.78 is 1.90. The highest BCUT2D eigenvalue weighted by Gasteiger charge is 2.18. The molecule has 0 bridgehead atoms. The molecule has 2 aromatic rings. The van der Waals surface area contributed by atoms with Crippen LogP contribution >= 0.6 is 15.9 Å². The fourth-order valence-electron chi connectivity index (χ4n) is 1.98. The molecule has 20 heavy (non-hydrogen) atoms. The minimum absolute atomic E-state index is 0.0481. The molecule has 1 unspecified atom stereocenters. The summed E-state index contributed by atoms with van der Waals surface area (Å²) in [6.07, 6.45) is 5.91. The van der Waals surface area contributed by atoms with Gasteiger partial charge in [0.1, 0.15) is 5.52 Å². The molecule has 0 aliphatic rings. The number of alkyl halides is 1. The molecule has 2 aromatic heterocycles. The van der Waals surface area contributed by atoms with Gasteiger partial charge in [0.25, 0.3) is 0 Å². The van der Waals surface area contributed by atoms with Gasteiger partial charge in [-0.3, -0.25) is 0 Å². The molecular weight excluding hydrogens is 316 g/mol. The average Bonchev–Trinajstić information content (AvgIpc) is 2.83. The van der Waals surface area contributed by atoms with E-state index >= 15 is 0 Å². The van der Waals surface area contributed by atoms with Crippen LogP contribution in [0.25, 0.3) is 5.52 Å². The predicted octanol–water partition coefficient (Wildman–Crippen LogP) is 4.00. The summed E-state index contributed by atoms with van der Waals surface area (Å²) in [5.41, 5.74) is 2.17. The Hall–Kier alpha value is -1.10. The summed E-state index contributed by atoms with van der Waals surface area (Å²) >= 11 is 3.65. The Bertz CT molecular complexity index is 571. The van der Waals surface area contributed by atoms with Crippen molar-refractivity contribution < 1.29 is 0 Å². The van der Waals surface area contributed by atoms with E-state index < -0.39 is 0 Å². The fraction of sp³-hybridized carbons (Fsp3) is 0.600.